The fourth-order valence-corrected chi connectivity index (χ4v) is 7.23. The highest BCUT2D eigenvalue weighted by molar-refractivity contribution is 5.97. The van der Waals surface area contributed by atoms with Crippen LogP contribution >= 0.6 is 0 Å². The van der Waals surface area contributed by atoms with E-state index in [1.54, 1.807) is 6.07 Å². The lowest BCUT2D eigenvalue weighted by atomic mass is 9.84. The van der Waals surface area contributed by atoms with E-state index in [1.807, 2.05) is 18.3 Å². The number of phenols is 1. The number of fused-ring (bicyclic) bond motifs is 1. The molecule has 4 nitrogen and oxygen atoms in total. The van der Waals surface area contributed by atoms with Crippen LogP contribution in [0.5, 0.6) is 5.75 Å². The number of hydrogen-bond acceptors (Lipinski definition) is 3. The van der Waals surface area contributed by atoms with Gasteiger partial charge in [0.25, 0.3) is 0 Å². The van der Waals surface area contributed by atoms with Crippen molar-refractivity contribution in [2.75, 3.05) is 0 Å². The van der Waals surface area contributed by atoms with Crippen LogP contribution in [0.15, 0.2) is 158 Å². The van der Waals surface area contributed by atoms with Crippen molar-refractivity contribution < 1.29 is 5.11 Å². The van der Waals surface area contributed by atoms with E-state index in [0.29, 0.717) is 11.4 Å². The van der Waals surface area contributed by atoms with E-state index in [1.165, 1.54) is 5.56 Å². The number of aromatic hydroxyl groups is 1. The Bertz CT molecular complexity index is 2620. The Morgan fingerprint density at radius 2 is 1.09 bits per heavy atom. The van der Waals surface area contributed by atoms with Crippen LogP contribution in [0, 0.1) is 0 Å². The van der Waals surface area contributed by atoms with Crippen molar-refractivity contribution in [2.24, 2.45) is 0 Å². The van der Waals surface area contributed by atoms with E-state index in [4.69, 9.17) is 9.97 Å². The first-order valence-corrected chi connectivity index (χ1v) is 18.6. The lowest BCUT2D eigenvalue weighted by Crippen LogP contribution is -2.12. The third-order valence-corrected chi connectivity index (χ3v) is 10.3. The number of para-hydroxylation sites is 1. The highest BCUT2D eigenvalue weighted by atomic mass is 16.3. The second-order valence-electron chi connectivity index (χ2n) is 16.2. The first kappa shape index (κ1) is 34.8. The Balaban J connectivity index is 1.38. The van der Waals surface area contributed by atoms with Crippen molar-refractivity contribution in [2.45, 2.75) is 52.4 Å². The van der Waals surface area contributed by atoms with Crippen molar-refractivity contribution in [3.63, 3.8) is 0 Å². The van der Waals surface area contributed by atoms with E-state index in [2.05, 4.69) is 180 Å². The number of imidazole rings is 1. The zero-order valence-corrected chi connectivity index (χ0v) is 31.8. The molecule has 0 unspecified atom stereocenters. The van der Waals surface area contributed by atoms with Crippen LogP contribution in [0.1, 0.15) is 52.7 Å². The van der Waals surface area contributed by atoms with E-state index in [9.17, 15) is 5.11 Å². The Morgan fingerprint density at radius 3 is 1.80 bits per heavy atom. The monoisotopic (exact) mass is 703 g/mol. The first-order chi connectivity index (χ1) is 26.0. The quantitative estimate of drug-likeness (QED) is 0.188. The Labute approximate surface area is 318 Å². The van der Waals surface area contributed by atoms with Gasteiger partial charge in [-0.15, -0.1) is 0 Å². The summed E-state index contributed by atoms with van der Waals surface area (Å²) in [5.74, 6) is 0.884. The normalized spacial score (nSPS) is 12.0. The minimum atomic E-state index is -0.125. The van der Waals surface area contributed by atoms with Gasteiger partial charge in [-0.3, -0.25) is 9.55 Å². The molecule has 0 atom stereocenters. The molecule has 0 aliphatic rings. The summed E-state index contributed by atoms with van der Waals surface area (Å²) in [6, 6.07) is 52.8. The van der Waals surface area contributed by atoms with Crippen LogP contribution in [0.25, 0.3) is 72.7 Å². The van der Waals surface area contributed by atoms with Gasteiger partial charge in [0, 0.05) is 22.9 Å². The predicted molar refractivity (Wildman–Crippen MR) is 225 cm³/mol. The third-order valence-electron chi connectivity index (χ3n) is 10.3. The van der Waals surface area contributed by atoms with Crippen molar-refractivity contribution in [1.82, 2.24) is 14.5 Å². The molecule has 266 valence electrons. The molecule has 0 radical (unpaired) electrons. The summed E-state index contributed by atoms with van der Waals surface area (Å²) >= 11 is 0. The standard InChI is InChI=1S/C50H45N3O/c1-49(2,3)38-23-25-44(41(31-38)34-17-11-8-12-18-34)53-45-22-14-21-40(47(45)52-48(53)42-32-39(50(4,5)6)24-26-46(42)54)36-19-13-20-37(29-36)43-30-35(27-28-51-43)33-15-9-7-10-16-33/h7-32,54H,1-6H3. The molecule has 0 aliphatic heterocycles. The molecule has 0 fully saturated rings. The maximum absolute atomic E-state index is 11.6. The van der Waals surface area contributed by atoms with E-state index in [0.717, 1.165) is 66.9 Å². The van der Waals surface area contributed by atoms with E-state index >= 15 is 0 Å². The van der Waals surface area contributed by atoms with E-state index in [-0.39, 0.29) is 16.6 Å². The van der Waals surface area contributed by atoms with Crippen LogP contribution in [-0.2, 0) is 10.8 Å². The largest absolute Gasteiger partial charge is 0.507 e. The smallest absolute Gasteiger partial charge is 0.149 e. The summed E-state index contributed by atoms with van der Waals surface area (Å²) in [6.45, 7) is 13.3. The molecule has 1 N–H and O–H groups in total. The van der Waals surface area contributed by atoms with Crippen LogP contribution in [-0.4, -0.2) is 19.6 Å². The summed E-state index contributed by atoms with van der Waals surface area (Å²) in [5.41, 5.74) is 14.2. The highest BCUT2D eigenvalue weighted by Gasteiger charge is 2.25. The molecule has 8 aromatic rings. The molecular formula is C50H45N3O. The number of rotatable bonds is 6. The topological polar surface area (TPSA) is 50.9 Å². The van der Waals surface area contributed by atoms with Crippen LogP contribution < -0.4 is 0 Å². The zero-order chi connectivity index (χ0) is 37.6. The lowest BCUT2D eigenvalue weighted by Gasteiger charge is -2.23. The fourth-order valence-electron chi connectivity index (χ4n) is 7.23. The maximum Gasteiger partial charge on any atom is 0.149 e. The SMILES string of the molecule is CC(C)(C)c1ccc(O)c(-c2nc3c(-c4cccc(-c5cc(-c6ccccc6)ccn5)c4)cccc3n2-c2ccc(C(C)(C)C)cc2-c2ccccc2)c1. The van der Waals surface area contributed by atoms with Gasteiger partial charge in [0.2, 0.25) is 0 Å². The van der Waals surface area contributed by atoms with Crippen LogP contribution in [0.2, 0.25) is 0 Å². The summed E-state index contributed by atoms with van der Waals surface area (Å²) in [6.07, 6.45) is 1.88. The highest BCUT2D eigenvalue weighted by Crippen LogP contribution is 2.42. The Morgan fingerprint density at radius 1 is 0.481 bits per heavy atom. The number of benzene rings is 6. The molecule has 0 saturated heterocycles. The van der Waals surface area contributed by atoms with Gasteiger partial charge in [0.1, 0.15) is 11.6 Å². The first-order valence-electron chi connectivity index (χ1n) is 18.6. The number of nitrogens with zero attached hydrogens (tertiary/aromatic N) is 3. The molecule has 54 heavy (non-hydrogen) atoms. The number of phenolic OH excluding ortho intramolecular Hbond substituents is 1. The molecule has 2 heterocycles. The van der Waals surface area contributed by atoms with Crippen molar-refractivity contribution >= 4 is 11.0 Å². The zero-order valence-electron chi connectivity index (χ0n) is 31.8. The number of aromatic nitrogens is 3. The molecular weight excluding hydrogens is 659 g/mol. The van der Waals surface area contributed by atoms with Gasteiger partial charge < -0.3 is 5.11 Å². The van der Waals surface area contributed by atoms with Crippen LogP contribution in [0.4, 0.5) is 0 Å². The van der Waals surface area contributed by atoms with Gasteiger partial charge in [0.15, 0.2) is 0 Å². The minimum Gasteiger partial charge on any atom is -0.507 e. The van der Waals surface area contributed by atoms with Crippen molar-refractivity contribution in [3.05, 3.63) is 169 Å². The van der Waals surface area contributed by atoms with Crippen molar-refractivity contribution in [1.29, 1.82) is 0 Å². The van der Waals surface area contributed by atoms with Gasteiger partial charge in [-0.05, 0) is 92.7 Å². The van der Waals surface area contributed by atoms with Gasteiger partial charge in [-0.2, -0.15) is 0 Å². The average molecular weight is 704 g/mol. The molecule has 0 aliphatic carbocycles. The molecule has 4 heteroatoms. The second kappa shape index (κ2) is 13.6. The Hall–Kier alpha value is -6.26. The van der Waals surface area contributed by atoms with Gasteiger partial charge >= 0.3 is 0 Å². The maximum atomic E-state index is 11.6. The minimum absolute atomic E-state index is 0.0468. The fraction of sp³-hybridized carbons (Fsp3) is 0.160. The summed E-state index contributed by atoms with van der Waals surface area (Å²) < 4.78 is 2.24. The third kappa shape index (κ3) is 6.60. The molecule has 6 aromatic carbocycles. The van der Waals surface area contributed by atoms with Gasteiger partial charge in [-0.25, -0.2) is 4.98 Å². The van der Waals surface area contributed by atoms with Crippen molar-refractivity contribution in [3.8, 4) is 67.5 Å². The average Bonchev–Trinajstić information content (AvgIpc) is 3.57. The van der Waals surface area contributed by atoms with Gasteiger partial charge in [-0.1, -0.05) is 145 Å². The second-order valence-corrected chi connectivity index (χ2v) is 16.2. The lowest BCUT2D eigenvalue weighted by molar-refractivity contribution is 0.475. The summed E-state index contributed by atoms with van der Waals surface area (Å²) in [5, 5.41) is 11.6. The Kier molecular flexibility index (Phi) is 8.78. The molecule has 0 spiro atoms. The molecule has 8 rings (SSSR count). The summed E-state index contributed by atoms with van der Waals surface area (Å²) in [7, 11) is 0. The molecule has 2 aromatic heterocycles. The molecule has 0 amide bonds. The molecule has 0 bridgehead atoms. The molecule has 0 saturated carbocycles. The van der Waals surface area contributed by atoms with E-state index < -0.39 is 0 Å². The predicted octanol–water partition coefficient (Wildman–Crippen LogP) is 13.1. The summed E-state index contributed by atoms with van der Waals surface area (Å²) in [4.78, 5) is 10.3. The number of hydrogen-bond donors (Lipinski definition) is 1. The van der Waals surface area contributed by atoms with Gasteiger partial charge in [0.05, 0.1) is 28.0 Å². The van der Waals surface area contributed by atoms with Crippen LogP contribution in [0.3, 0.4) is 0 Å². The number of pyridine rings is 1.